The molecule has 0 saturated carbocycles. The van der Waals surface area contributed by atoms with E-state index in [1.807, 2.05) is 5.32 Å². The lowest BCUT2D eigenvalue weighted by atomic mass is 10.0. The van der Waals surface area contributed by atoms with E-state index in [4.69, 9.17) is 26.8 Å². The van der Waals surface area contributed by atoms with E-state index >= 15 is 0 Å². The minimum Gasteiger partial charge on any atom is -0.481 e. The molecule has 15 nitrogen and oxygen atoms in total. The average molecular weight is 475 g/mol. The second-order valence-corrected chi connectivity index (χ2v) is 7.50. The number of carbonyl (C=O) groups excluding carboxylic acids is 4. The number of primary amides is 1. The van der Waals surface area contributed by atoms with Gasteiger partial charge in [-0.1, -0.05) is 13.8 Å². The minimum absolute atomic E-state index is 0.452. The first-order valence-corrected chi connectivity index (χ1v) is 9.77. The maximum atomic E-state index is 12.7. The molecule has 0 aliphatic rings. The molecule has 0 fully saturated rings. The summed E-state index contributed by atoms with van der Waals surface area (Å²) in [6.45, 7) is 3.09. The molecule has 0 spiro atoms. The first-order chi connectivity index (χ1) is 15.1. The Morgan fingerprint density at radius 2 is 1.30 bits per heavy atom. The zero-order valence-corrected chi connectivity index (χ0v) is 18.1. The zero-order chi connectivity index (χ0) is 25.9. The summed E-state index contributed by atoms with van der Waals surface area (Å²) in [5.41, 5.74) is 10.5. The Bertz CT molecular complexity index is 785. The van der Waals surface area contributed by atoms with Gasteiger partial charge in [0.1, 0.15) is 18.1 Å². The molecule has 0 bridgehead atoms. The van der Waals surface area contributed by atoms with Gasteiger partial charge in [-0.15, -0.1) is 0 Å². The number of hydrogen-bond donors (Lipinski definition) is 8. The van der Waals surface area contributed by atoms with E-state index in [-0.39, 0.29) is 0 Å². The summed E-state index contributed by atoms with van der Waals surface area (Å²) < 4.78 is 0. The molecule has 4 unspecified atom stereocenters. The first-order valence-electron chi connectivity index (χ1n) is 9.77. The van der Waals surface area contributed by atoms with Crippen LogP contribution in [0.4, 0.5) is 0 Å². The smallest absolute Gasteiger partial charge is 0.326 e. The summed E-state index contributed by atoms with van der Waals surface area (Å²) in [7, 11) is 0. The van der Waals surface area contributed by atoms with Crippen LogP contribution in [0.15, 0.2) is 0 Å². The van der Waals surface area contributed by atoms with E-state index in [1.54, 1.807) is 13.8 Å². The fourth-order valence-electron chi connectivity index (χ4n) is 2.55. The van der Waals surface area contributed by atoms with Crippen LogP contribution in [0.3, 0.4) is 0 Å². The van der Waals surface area contributed by atoms with Crippen molar-refractivity contribution in [1.29, 1.82) is 0 Å². The third-order valence-electron chi connectivity index (χ3n) is 4.28. The van der Waals surface area contributed by atoms with Gasteiger partial charge in [0.05, 0.1) is 18.9 Å². The Morgan fingerprint density at radius 3 is 1.73 bits per heavy atom. The number of carboxylic acid groups (broad SMARTS) is 3. The monoisotopic (exact) mass is 475 g/mol. The molecule has 33 heavy (non-hydrogen) atoms. The summed E-state index contributed by atoms with van der Waals surface area (Å²) in [5, 5.41) is 33.2. The van der Waals surface area contributed by atoms with Crippen LogP contribution in [0, 0.1) is 5.92 Å². The van der Waals surface area contributed by atoms with Crippen LogP contribution in [-0.4, -0.2) is 81.0 Å². The molecule has 0 aromatic carbocycles. The van der Waals surface area contributed by atoms with Crippen LogP contribution in [0.25, 0.3) is 0 Å². The van der Waals surface area contributed by atoms with Crippen LogP contribution >= 0.6 is 0 Å². The molecule has 0 heterocycles. The Hall–Kier alpha value is -3.75. The van der Waals surface area contributed by atoms with Crippen molar-refractivity contribution in [2.24, 2.45) is 17.4 Å². The molecule has 186 valence electrons. The zero-order valence-electron chi connectivity index (χ0n) is 18.1. The molecule has 15 heteroatoms. The molecule has 10 N–H and O–H groups in total. The van der Waals surface area contributed by atoms with Gasteiger partial charge in [-0.2, -0.15) is 0 Å². The third-order valence-corrected chi connectivity index (χ3v) is 4.28. The van der Waals surface area contributed by atoms with Crippen molar-refractivity contribution in [3.63, 3.8) is 0 Å². The molecule has 0 saturated heterocycles. The maximum absolute atomic E-state index is 12.7. The van der Waals surface area contributed by atoms with Crippen LogP contribution in [0.2, 0.25) is 0 Å². The second-order valence-electron chi connectivity index (χ2n) is 7.50. The quantitative estimate of drug-likeness (QED) is 0.116. The molecule has 0 aliphatic heterocycles. The number of aliphatic carboxylic acids is 3. The van der Waals surface area contributed by atoms with Crippen molar-refractivity contribution in [2.45, 2.75) is 63.7 Å². The highest BCUT2D eigenvalue weighted by molar-refractivity contribution is 5.95. The number of amides is 4. The van der Waals surface area contributed by atoms with Gasteiger partial charge >= 0.3 is 17.9 Å². The lowest BCUT2D eigenvalue weighted by Gasteiger charge is -2.26. The van der Waals surface area contributed by atoms with E-state index in [0.717, 1.165) is 0 Å². The van der Waals surface area contributed by atoms with Gasteiger partial charge in [0.2, 0.25) is 23.6 Å². The van der Waals surface area contributed by atoms with Gasteiger partial charge in [-0.25, -0.2) is 4.79 Å². The predicted octanol–water partition coefficient (Wildman–Crippen LogP) is -3.28. The highest BCUT2D eigenvalue weighted by Crippen LogP contribution is 2.07. The normalized spacial score (nSPS) is 14.3. The van der Waals surface area contributed by atoms with Gasteiger partial charge < -0.3 is 42.7 Å². The highest BCUT2D eigenvalue weighted by Gasteiger charge is 2.32. The summed E-state index contributed by atoms with van der Waals surface area (Å²) in [4.78, 5) is 81.2. The maximum Gasteiger partial charge on any atom is 0.326 e. The molecular weight excluding hydrogens is 446 g/mol. The topological polar surface area (TPSA) is 268 Å². The molecule has 0 rings (SSSR count). The van der Waals surface area contributed by atoms with E-state index in [0.29, 0.717) is 0 Å². The molecule has 0 radical (unpaired) electrons. The number of hydrogen-bond acceptors (Lipinski definition) is 8. The largest absolute Gasteiger partial charge is 0.481 e. The number of carbonyl (C=O) groups is 7. The first kappa shape index (κ1) is 29.2. The van der Waals surface area contributed by atoms with Crippen LogP contribution in [-0.2, 0) is 33.6 Å². The predicted molar refractivity (Wildman–Crippen MR) is 109 cm³/mol. The Kier molecular flexibility index (Phi) is 12.1. The lowest BCUT2D eigenvalue weighted by molar-refractivity contribution is -0.147. The fraction of sp³-hybridized carbons (Fsp3) is 0.611. The molecular formula is C18H29N5O10. The van der Waals surface area contributed by atoms with Gasteiger partial charge in [0.15, 0.2) is 0 Å². The fourth-order valence-corrected chi connectivity index (χ4v) is 2.55. The van der Waals surface area contributed by atoms with Crippen molar-refractivity contribution >= 4 is 41.5 Å². The second kappa shape index (κ2) is 13.6. The number of nitrogens with two attached hydrogens (primary N) is 2. The van der Waals surface area contributed by atoms with E-state index in [2.05, 4.69) is 10.6 Å². The highest BCUT2D eigenvalue weighted by atomic mass is 16.4. The van der Waals surface area contributed by atoms with Gasteiger partial charge in [0.25, 0.3) is 0 Å². The SMILES string of the molecule is CC(C)C(NC(=O)C(N)CC(N)=O)C(=O)NC(CCC(=O)O)C(=O)NC(CC(=O)O)C(=O)O. The number of carboxylic acids is 3. The third kappa shape index (κ3) is 11.4. The van der Waals surface area contributed by atoms with Crippen molar-refractivity contribution < 1.29 is 48.9 Å². The van der Waals surface area contributed by atoms with Gasteiger partial charge in [-0.05, 0) is 12.3 Å². The Morgan fingerprint density at radius 1 is 0.758 bits per heavy atom. The Balaban J connectivity index is 5.53. The van der Waals surface area contributed by atoms with Gasteiger partial charge in [0, 0.05) is 6.42 Å². The average Bonchev–Trinajstić information content (AvgIpc) is 2.66. The summed E-state index contributed by atoms with van der Waals surface area (Å²) in [6, 6.07) is -5.98. The van der Waals surface area contributed by atoms with Crippen molar-refractivity contribution in [2.75, 3.05) is 0 Å². The molecule has 4 amide bonds. The standard InChI is InChI=1S/C18H29N5O10/c1-7(2)14(23-15(29)8(19)5-11(20)24)17(31)21-9(3-4-12(25)26)16(30)22-10(18(32)33)6-13(27)28/h7-10,14H,3-6,19H2,1-2H3,(H2,20,24)(H,21,31)(H,22,30)(H,23,29)(H,25,26)(H,27,28)(H,32,33). The van der Waals surface area contributed by atoms with Crippen molar-refractivity contribution in [3.05, 3.63) is 0 Å². The number of nitrogens with one attached hydrogen (secondary N) is 3. The molecule has 0 aromatic rings. The Labute approximate surface area is 188 Å². The van der Waals surface area contributed by atoms with E-state index in [1.165, 1.54) is 0 Å². The molecule has 0 aromatic heterocycles. The lowest BCUT2D eigenvalue weighted by Crippen LogP contribution is -2.58. The van der Waals surface area contributed by atoms with E-state index in [9.17, 15) is 33.6 Å². The van der Waals surface area contributed by atoms with E-state index < -0.39 is 97.3 Å². The molecule has 4 atom stereocenters. The number of rotatable bonds is 15. The van der Waals surface area contributed by atoms with Crippen LogP contribution < -0.4 is 27.4 Å². The van der Waals surface area contributed by atoms with Gasteiger partial charge in [-0.3, -0.25) is 28.8 Å². The van der Waals surface area contributed by atoms with Crippen molar-refractivity contribution in [1.82, 2.24) is 16.0 Å². The van der Waals surface area contributed by atoms with Crippen molar-refractivity contribution in [3.8, 4) is 0 Å². The minimum atomic E-state index is -1.83. The summed E-state index contributed by atoms with van der Waals surface area (Å²) in [6.07, 6.45) is -2.48. The summed E-state index contributed by atoms with van der Waals surface area (Å²) >= 11 is 0. The molecule has 0 aliphatic carbocycles. The van der Waals surface area contributed by atoms with Crippen LogP contribution in [0.1, 0.15) is 39.5 Å². The van der Waals surface area contributed by atoms with Crippen LogP contribution in [0.5, 0.6) is 0 Å². The summed E-state index contributed by atoms with van der Waals surface area (Å²) in [5.74, 6) is -8.78.